The Bertz CT molecular complexity index is 991. The van der Waals surface area contributed by atoms with Crippen molar-refractivity contribution >= 4 is 49.4 Å². The number of halogens is 2. The average molecular weight is 488 g/mol. The zero-order chi connectivity index (χ0) is 16.5. The van der Waals surface area contributed by atoms with Crippen molar-refractivity contribution in [3.8, 4) is 11.3 Å². The summed E-state index contributed by atoms with van der Waals surface area (Å²) < 4.78 is 4.84. The lowest BCUT2D eigenvalue weighted by molar-refractivity contribution is 0.843. The molecule has 0 unspecified atom stereocenters. The van der Waals surface area contributed by atoms with Crippen LogP contribution in [0.15, 0.2) is 83.3 Å². The number of benzene rings is 3. The summed E-state index contributed by atoms with van der Waals surface area (Å²) in [7, 11) is 0. The minimum atomic E-state index is 0.867. The third kappa shape index (κ3) is 2.91. The summed E-state index contributed by atoms with van der Waals surface area (Å²) in [4.78, 5) is 0. The monoisotopic (exact) mass is 487 g/mol. The molecule has 0 aliphatic heterocycles. The van der Waals surface area contributed by atoms with E-state index in [9.17, 15) is 0 Å². The fourth-order valence-corrected chi connectivity index (χ4v) is 4.49. The summed E-state index contributed by atoms with van der Waals surface area (Å²) in [5, 5.41) is 1.29. The Labute approximate surface area is 163 Å². The molecule has 0 fully saturated rings. The van der Waals surface area contributed by atoms with Crippen LogP contribution in [0.1, 0.15) is 5.56 Å². The van der Waals surface area contributed by atoms with Crippen molar-refractivity contribution in [2.24, 2.45) is 0 Å². The summed E-state index contributed by atoms with van der Waals surface area (Å²) >= 11 is 6.09. The van der Waals surface area contributed by atoms with Crippen LogP contribution < -0.4 is 0 Å². The second kappa shape index (κ2) is 6.73. The number of hydrogen-bond acceptors (Lipinski definition) is 0. The molecule has 0 N–H and O–H groups in total. The molecule has 3 aromatic carbocycles. The lowest BCUT2D eigenvalue weighted by Gasteiger charge is -2.12. The first-order valence-corrected chi connectivity index (χ1v) is 9.68. The Morgan fingerprint density at radius 3 is 2.21 bits per heavy atom. The van der Waals surface area contributed by atoms with Gasteiger partial charge in [0.25, 0.3) is 0 Å². The smallest absolute Gasteiger partial charge is 0.0630 e. The first-order valence-electron chi connectivity index (χ1n) is 7.80. The molecule has 0 bridgehead atoms. The van der Waals surface area contributed by atoms with E-state index >= 15 is 0 Å². The lowest BCUT2D eigenvalue weighted by Crippen LogP contribution is -2.02. The third-order valence-corrected chi connectivity index (χ3v) is 5.78. The third-order valence-electron chi connectivity index (χ3n) is 4.19. The molecule has 24 heavy (non-hydrogen) atoms. The van der Waals surface area contributed by atoms with E-state index in [1.54, 1.807) is 0 Å². The molecule has 0 atom stereocenters. The van der Waals surface area contributed by atoms with Crippen molar-refractivity contribution in [1.29, 1.82) is 0 Å². The van der Waals surface area contributed by atoms with Crippen molar-refractivity contribution in [3.63, 3.8) is 0 Å². The van der Waals surface area contributed by atoms with Crippen LogP contribution in [0.5, 0.6) is 0 Å². The second-order valence-corrected chi connectivity index (χ2v) is 7.76. The van der Waals surface area contributed by atoms with Gasteiger partial charge in [0.2, 0.25) is 0 Å². The number of rotatable bonds is 3. The molecule has 0 saturated carbocycles. The van der Waals surface area contributed by atoms with Gasteiger partial charge in [0.15, 0.2) is 0 Å². The first kappa shape index (κ1) is 15.9. The molecule has 0 aliphatic rings. The molecule has 4 aromatic rings. The zero-order valence-electron chi connectivity index (χ0n) is 12.9. The molecule has 0 spiro atoms. The van der Waals surface area contributed by atoms with Crippen LogP contribution >= 0.6 is 38.5 Å². The van der Waals surface area contributed by atoms with Gasteiger partial charge in [-0.3, -0.25) is 0 Å². The van der Waals surface area contributed by atoms with Crippen molar-refractivity contribution < 1.29 is 0 Å². The second-order valence-electron chi connectivity index (χ2n) is 5.76. The molecule has 1 aromatic heterocycles. The van der Waals surface area contributed by atoms with E-state index in [1.807, 2.05) is 0 Å². The van der Waals surface area contributed by atoms with Gasteiger partial charge in [0, 0.05) is 25.5 Å². The highest BCUT2D eigenvalue weighted by Gasteiger charge is 2.17. The van der Waals surface area contributed by atoms with E-state index in [0.717, 1.165) is 11.0 Å². The van der Waals surface area contributed by atoms with Gasteiger partial charge in [-0.15, -0.1) is 0 Å². The highest BCUT2D eigenvalue weighted by atomic mass is 127. The van der Waals surface area contributed by atoms with Gasteiger partial charge >= 0.3 is 0 Å². The van der Waals surface area contributed by atoms with Crippen molar-refractivity contribution in [1.82, 2.24) is 4.57 Å². The quantitative estimate of drug-likeness (QED) is 0.282. The van der Waals surface area contributed by atoms with Crippen LogP contribution in [0.3, 0.4) is 0 Å². The van der Waals surface area contributed by atoms with Gasteiger partial charge in [-0.1, -0.05) is 76.6 Å². The standard InChI is InChI=1S/C21H15BrIN/c22-17-11-12-19-18(13-17)20(23)21(16-9-5-2-6-10-16)24(19)14-15-7-3-1-4-8-15/h1-13H,14H2. The lowest BCUT2D eigenvalue weighted by atomic mass is 10.1. The van der Waals surface area contributed by atoms with E-state index in [1.165, 1.54) is 31.3 Å². The summed E-state index contributed by atoms with van der Waals surface area (Å²) in [5.41, 5.74) is 5.12. The fraction of sp³-hybridized carbons (Fsp3) is 0.0476. The predicted molar refractivity (Wildman–Crippen MR) is 113 cm³/mol. The molecule has 1 nitrogen and oxygen atoms in total. The van der Waals surface area contributed by atoms with Crippen LogP contribution in [0, 0.1) is 3.57 Å². The average Bonchev–Trinajstić information content (AvgIpc) is 2.88. The minimum Gasteiger partial charge on any atom is -0.335 e. The highest BCUT2D eigenvalue weighted by molar-refractivity contribution is 14.1. The topological polar surface area (TPSA) is 4.93 Å². The maximum absolute atomic E-state index is 3.61. The first-order chi connectivity index (χ1) is 11.7. The van der Waals surface area contributed by atoms with Crippen LogP contribution in [0.2, 0.25) is 0 Å². The van der Waals surface area contributed by atoms with Gasteiger partial charge in [-0.05, 0) is 51.9 Å². The normalized spacial score (nSPS) is 11.1. The number of nitrogens with zero attached hydrogens (tertiary/aromatic N) is 1. The van der Waals surface area contributed by atoms with Crippen molar-refractivity contribution in [2.75, 3.05) is 0 Å². The Hall–Kier alpha value is -1.59. The summed E-state index contributed by atoms with van der Waals surface area (Å²) in [6, 6.07) is 27.8. The SMILES string of the molecule is Brc1ccc2c(c1)c(I)c(-c1ccccc1)n2Cc1ccccc1. The Morgan fingerprint density at radius 2 is 1.50 bits per heavy atom. The van der Waals surface area contributed by atoms with E-state index < -0.39 is 0 Å². The zero-order valence-corrected chi connectivity index (χ0v) is 16.7. The van der Waals surface area contributed by atoms with E-state index in [0.29, 0.717) is 0 Å². The molecule has 4 rings (SSSR count). The Balaban J connectivity index is 1.99. The fourth-order valence-electron chi connectivity index (χ4n) is 3.09. The van der Waals surface area contributed by atoms with Crippen LogP contribution in [-0.4, -0.2) is 4.57 Å². The molecule has 1 heterocycles. The molecule has 0 radical (unpaired) electrons. The Morgan fingerprint density at radius 1 is 0.833 bits per heavy atom. The van der Waals surface area contributed by atoms with Crippen molar-refractivity contribution in [3.05, 3.63) is 92.5 Å². The summed E-state index contributed by atoms with van der Waals surface area (Å²) in [6.45, 7) is 0.867. The molecular weight excluding hydrogens is 473 g/mol. The van der Waals surface area contributed by atoms with E-state index in [-0.39, 0.29) is 0 Å². The molecule has 0 saturated heterocycles. The van der Waals surface area contributed by atoms with Crippen molar-refractivity contribution in [2.45, 2.75) is 6.54 Å². The summed E-state index contributed by atoms with van der Waals surface area (Å²) in [5.74, 6) is 0. The maximum atomic E-state index is 3.61. The predicted octanol–water partition coefficient (Wildman–Crippen LogP) is 6.72. The van der Waals surface area contributed by atoms with Crippen LogP contribution in [0.25, 0.3) is 22.2 Å². The Kier molecular flexibility index (Phi) is 4.46. The molecular formula is C21H15BrIN. The van der Waals surface area contributed by atoms with Crippen LogP contribution in [0.4, 0.5) is 0 Å². The largest absolute Gasteiger partial charge is 0.335 e. The number of fused-ring (bicyclic) bond motifs is 1. The molecule has 118 valence electrons. The molecule has 3 heteroatoms. The maximum Gasteiger partial charge on any atom is 0.0630 e. The van der Waals surface area contributed by atoms with Gasteiger partial charge in [0.1, 0.15) is 0 Å². The van der Waals surface area contributed by atoms with Gasteiger partial charge in [-0.2, -0.15) is 0 Å². The number of hydrogen-bond donors (Lipinski definition) is 0. The molecule has 0 aliphatic carbocycles. The summed E-state index contributed by atoms with van der Waals surface area (Å²) in [6.07, 6.45) is 0. The van der Waals surface area contributed by atoms with E-state index in [2.05, 4.69) is 122 Å². The van der Waals surface area contributed by atoms with Crippen LogP contribution in [-0.2, 0) is 6.54 Å². The van der Waals surface area contributed by atoms with Gasteiger partial charge in [0.05, 0.1) is 5.69 Å². The minimum absolute atomic E-state index is 0.867. The van der Waals surface area contributed by atoms with Gasteiger partial charge in [-0.25, -0.2) is 0 Å². The van der Waals surface area contributed by atoms with E-state index in [4.69, 9.17) is 0 Å². The number of aromatic nitrogens is 1. The molecule has 0 amide bonds. The highest BCUT2D eigenvalue weighted by Crippen LogP contribution is 2.36. The van der Waals surface area contributed by atoms with Gasteiger partial charge < -0.3 is 4.57 Å².